The second kappa shape index (κ2) is 5.71. The number of benzene rings is 1. The Morgan fingerprint density at radius 3 is 2.70 bits per heavy atom. The zero-order chi connectivity index (χ0) is 13.9. The van der Waals surface area contributed by atoms with Crippen LogP contribution in [0.2, 0.25) is 0 Å². The van der Waals surface area contributed by atoms with E-state index < -0.39 is 0 Å². The van der Waals surface area contributed by atoms with E-state index in [1.54, 1.807) is 12.1 Å². The highest BCUT2D eigenvalue weighted by atomic mass is 19.1. The number of rotatable bonds is 3. The first kappa shape index (κ1) is 13.2. The van der Waals surface area contributed by atoms with E-state index in [9.17, 15) is 4.39 Å². The standard InChI is InChI=1S/C15H18FN3O/c16-11-7-5-10(6-8-11)9-14-18-15(20-19-14)12-3-1-2-4-13(12)17/h5-8,12-13H,1-4,9,17H2. The number of hydrogen-bond donors (Lipinski definition) is 1. The van der Waals surface area contributed by atoms with Crippen molar-refractivity contribution in [3.63, 3.8) is 0 Å². The van der Waals surface area contributed by atoms with E-state index in [4.69, 9.17) is 10.3 Å². The zero-order valence-corrected chi connectivity index (χ0v) is 11.3. The summed E-state index contributed by atoms with van der Waals surface area (Å²) in [6.45, 7) is 0. The van der Waals surface area contributed by atoms with Crippen LogP contribution in [0.1, 0.15) is 48.9 Å². The van der Waals surface area contributed by atoms with Crippen LogP contribution in [-0.2, 0) is 6.42 Å². The van der Waals surface area contributed by atoms with Crippen molar-refractivity contribution in [1.29, 1.82) is 0 Å². The largest absolute Gasteiger partial charge is 0.339 e. The highest BCUT2D eigenvalue weighted by Crippen LogP contribution is 2.30. The van der Waals surface area contributed by atoms with Crippen LogP contribution in [-0.4, -0.2) is 16.2 Å². The summed E-state index contributed by atoms with van der Waals surface area (Å²) in [5.41, 5.74) is 7.08. The molecule has 0 spiro atoms. The Kier molecular flexibility index (Phi) is 3.78. The van der Waals surface area contributed by atoms with Gasteiger partial charge in [0.05, 0.1) is 5.92 Å². The lowest BCUT2D eigenvalue weighted by Gasteiger charge is -2.25. The number of hydrogen-bond acceptors (Lipinski definition) is 4. The lowest BCUT2D eigenvalue weighted by Crippen LogP contribution is -2.31. The molecule has 1 aromatic heterocycles. The van der Waals surface area contributed by atoms with E-state index in [0.29, 0.717) is 18.1 Å². The highest BCUT2D eigenvalue weighted by Gasteiger charge is 2.28. The van der Waals surface area contributed by atoms with E-state index in [2.05, 4.69) is 10.1 Å². The van der Waals surface area contributed by atoms with Gasteiger partial charge in [0.2, 0.25) is 5.89 Å². The van der Waals surface area contributed by atoms with Gasteiger partial charge in [-0.2, -0.15) is 4.98 Å². The third kappa shape index (κ3) is 2.88. The molecule has 4 nitrogen and oxygen atoms in total. The summed E-state index contributed by atoms with van der Waals surface area (Å²) in [4.78, 5) is 4.45. The van der Waals surface area contributed by atoms with E-state index in [-0.39, 0.29) is 17.8 Å². The fraction of sp³-hybridized carbons (Fsp3) is 0.467. The Balaban J connectivity index is 1.71. The summed E-state index contributed by atoms with van der Waals surface area (Å²) in [5, 5.41) is 4.01. The predicted molar refractivity (Wildman–Crippen MR) is 72.7 cm³/mol. The van der Waals surface area contributed by atoms with Crippen molar-refractivity contribution in [2.75, 3.05) is 0 Å². The van der Waals surface area contributed by atoms with Crippen molar-refractivity contribution in [2.45, 2.75) is 44.1 Å². The monoisotopic (exact) mass is 275 g/mol. The molecule has 1 aliphatic carbocycles. The molecular weight excluding hydrogens is 257 g/mol. The summed E-state index contributed by atoms with van der Waals surface area (Å²) >= 11 is 0. The molecule has 2 N–H and O–H groups in total. The minimum absolute atomic E-state index is 0.114. The lowest BCUT2D eigenvalue weighted by atomic mass is 9.85. The smallest absolute Gasteiger partial charge is 0.231 e. The van der Waals surface area contributed by atoms with Gasteiger partial charge >= 0.3 is 0 Å². The number of aromatic nitrogens is 2. The molecule has 2 unspecified atom stereocenters. The SMILES string of the molecule is NC1CCCCC1c1nc(Cc2ccc(F)cc2)no1. The number of nitrogens with zero attached hydrogens (tertiary/aromatic N) is 2. The summed E-state index contributed by atoms with van der Waals surface area (Å²) in [6.07, 6.45) is 4.91. The van der Waals surface area contributed by atoms with Crippen LogP contribution in [0.25, 0.3) is 0 Å². The second-order valence-corrected chi connectivity index (χ2v) is 5.41. The van der Waals surface area contributed by atoms with Crippen LogP contribution in [0.15, 0.2) is 28.8 Å². The maximum Gasteiger partial charge on any atom is 0.231 e. The fourth-order valence-electron chi connectivity index (χ4n) is 2.74. The first-order valence-corrected chi connectivity index (χ1v) is 7.05. The van der Waals surface area contributed by atoms with Crippen molar-refractivity contribution in [1.82, 2.24) is 10.1 Å². The van der Waals surface area contributed by atoms with Crippen LogP contribution >= 0.6 is 0 Å². The molecule has 3 rings (SSSR count). The van der Waals surface area contributed by atoms with Gasteiger partial charge < -0.3 is 10.3 Å². The topological polar surface area (TPSA) is 64.9 Å². The van der Waals surface area contributed by atoms with Gasteiger partial charge in [-0.1, -0.05) is 30.1 Å². The zero-order valence-electron chi connectivity index (χ0n) is 11.3. The summed E-state index contributed by atoms with van der Waals surface area (Å²) in [7, 11) is 0. The average molecular weight is 275 g/mol. The first-order chi connectivity index (χ1) is 9.72. The van der Waals surface area contributed by atoms with Crippen molar-refractivity contribution in [2.24, 2.45) is 5.73 Å². The summed E-state index contributed by atoms with van der Waals surface area (Å²) in [6, 6.07) is 6.46. The van der Waals surface area contributed by atoms with Gasteiger partial charge in [0.15, 0.2) is 5.82 Å². The predicted octanol–water partition coefficient (Wildman–Crippen LogP) is 2.78. The molecule has 2 atom stereocenters. The van der Waals surface area contributed by atoms with Gasteiger partial charge in [0, 0.05) is 12.5 Å². The number of nitrogens with two attached hydrogens (primary N) is 1. The molecule has 1 heterocycles. The van der Waals surface area contributed by atoms with Crippen LogP contribution in [0, 0.1) is 5.82 Å². The minimum Gasteiger partial charge on any atom is -0.339 e. The summed E-state index contributed by atoms with van der Waals surface area (Å²) < 4.78 is 18.2. The molecule has 1 saturated carbocycles. The van der Waals surface area contributed by atoms with E-state index in [1.807, 2.05) is 0 Å². The molecule has 5 heteroatoms. The van der Waals surface area contributed by atoms with Gasteiger partial charge in [-0.25, -0.2) is 4.39 Å². The molecule has 0 bridgehead atoms. The normalized spacial score (nSPS) is 22.9. The molecule has 20 heavy (non-hydrogen) atoms. The van der Waals surface area contributed by atoms with E-state index in [0.717, 1.165) is 24.8 Å². The van der Waals surface area contributed by atoms with Crippen LogP contribution < -0.4 is 5.73 Å². The van der Waals surface area contributed by atoms with Crippen LogP contribution in [0.4, 0.5) is 4.39 Å². The first-order valence-electron chi connectivity index (χ1n) is 7.05. The third-order valence-corrected chi connectivity index (χ3v) is 3.90. The Labute approximate surface area is 117 Å². The van der Waals surface area contributed by atoms with Gasteiger partial charge in [0.1, 0.15) is 5.82 Å². The Hall–Kier alpha value is -1.75. The highest BCUT2D eigenvalue weighted by molar-refractivity contribution is 5.19. The lowest BCUT2D eigenvalue weighted by molar-refractivity contribution is 0.289. The van der Waals surface area contributed by atoms with Crippen molar-refractivity contribution < 1.29 is 8.91 Å². The molecule has 1 fully saturated rings. The van der Waals surface area contributed by atoms with E-state index >= 15 is 0 Å². The molecule has 0 saturated heterocycles. The second-order valence-electron chi connectivity index (χ2n) is 5.41. The summed E-state index contributed by atoms with van der Waals surface area (Å²) in [5.74, 6) is 1.22. The average Bonchev–Trinajstić information content (AvgIpc) is 2.90. The number of halogens is 1. The Morgan fingerprint density at radius 2 is 1.95 bits per heavy atom. The maximum atomic E-state index is 12.9. The Bertz CT molecular complexity index is 567. The van der Waals surface area contributed by atoms with Crippen LogP contribution in [0.3, 0.4) is 0 Å². The molecule has 1 aliphatic rings. The van der Waals surface area contributed by atoms with Crippen molar-refractivity contribution in [3.8, 4) is 0 Å². The Morgan fingerprint density at radius 1 is 1.20 bits per heavy atom. The molecule has 0 amide bonds. The van der Waals surface area contributed by atoms with E-state index in [1.165, 1.54) is 18.6 Å². The van der Waals surface area contributed by atoms with Crippen molar-refractivity contribution in [3.05, 3.63) is 47.4 Å². The molecular formula is C15H18FN3O. The fourth-order valence-corrected chi connectivity index (χ4v) is 2.74. The van der Waals surface area contributed by atoms with Gasteiger partial charge in [-0.3, -0.25) is 0 Å². The van der Waals surface area contributed by atoms with Crippen molar-refractivity contribution >= 4 is 0 Å². The van der Waals surface area contributed by atoms with Gasteiger partial charge in [-0.05, 0) is 30.5 Å². The minimum atomic E-state index is -0.240. The molecule has 0 aliphatic heterocycles. The van der Waals surface area contributed by atoms with Gasteiger partial charge in [0.25, 0.3) is 0 Å². The van der Waals surface area contributed by atoms with Crippen LogP contribution in [0.5, 0.6) is 0 Å². The quantitative estimate of drug-likeness (QED) is 0.935. The molecule has 106 valence electrons. The molecule has 1 aromatic carbocycles. The molecule has 2 aromatic rings. The van der Waals surface area contributed by atoms with Gasteiger partial charge in [-0.15, -0.1) is 0 Å². The third-order valence-electron chi connectivity index (χ3n) is 3.90. The molecule has 0 radical (unpaired) electrons. The maximum absolute atomic E-state index is 12.9.